The summed E-state index contributed by atoms with van der Waals surface area (Å²) in [5, 5.41) is 8.96. The van der Waals surface area contributed by atoms with E-state index in [1.165, 1.54) is 11.8 Å². The molecule has 0 heterocycles. The van der Waals surface area contributed by atoms with Gasteiger partial charge in [0.1, 0.15) is 24.0 Å². The van der Waals surface area contributed by atoms with Crippen LogP contribution in [0.5, 0.6) is 5.75 Å². The molecule has 72 valence electrons. The fourth-order valence-electron chi connectivity index (χ4n) is 1.06. The zero-order chi connectivity index (χ0) is 10.4. The average molecular weight is 205 g/mol. The SMILES string of the molecule is C=CCOc1cccc(SC)c1C#N. The van der Waals surface area contributed by atoms with E-state index in [0.29, 0.717) is 17.9 Å². The molecule has 0 aliphatic carbocycles. The Kier molecular flexibility index (Phi) is 4.09. The molecule has 2 nitrogen and oxygen atoms in total. The van der Waals surface area contributed by atoms with E-state index in [2.05, 4.69) is 12.6 Å². The van der Waals surface area contributed by atoms with Gasteiger partial charge in [0.15, 0.2) is 0 Å². The second-order valence-electron chi connectivity index (χ2n) is 2.54. The monoisotopic (exact) mass is 205 g/mol. The maximum absolute atomic E-state index is 8.96. The molecule has 0 atom stereocenters. The molecule has 0 bridgehead atoms. The van der Waals surface area contributed by atoms with Gasteiger partial charge in [-0.05, 0) is 18.4 Å². The van der Waals surface area contributed by atoms with Crippen molar-refractivity contribution in [2.24, 2.45) is 0 Å². The summed E-state index contributed by atoms with van der Waals surface area (Å²) in [6, 6.07) is 7.72. The standard InChI is InChI=1S/C11H11NOS/c1-3-7-13-10-5-4-6-11(14-2)9(10)8-12/h3-6H,1,7H2,2H3. The second-order valence-corrected chi connectivity index (χ2v) is 3.39. The first-order valence-corrected chi connectivity index (χ1v) is 5.36. The third-order valence-electron chi connectivity index (χ3n) is 1.68. The highest BCUT2D eigenvalue weighted by Crippen LogP contribution is 2.27. The number of thioether (sulfide) groups is 1. The zero-order valence-electron chi connectivity index (χ0n) is 7.99. The molecule has 0 unspecified atom stereocenters. The van der Waals surface area contributed by atoms with Crippen LogP contribution in [0.2, 0.25) is 0 Å². The van der Waals surface area contributed by atoms with Gasteiger partial charge >= 0.3 is 0 Å². The molecule has 0 fully saturated rings. The number of nitrogens with zero attached hydrogens (tertiary/aromatic N) is 1. The van der Waals surface area contributed by atoms with E-state index in [-0.39, 0.29) is 0 Å². The van der Waals surface area contributed by atoms with Crippen LogP contribution >= 0.6 is 11.8 Å². The van der Waals surface area contributed by atoms with Crippen molar-refractivity contribution in [3.8, 4) is 11.8 Å². The molecular formula is C11H11NOS. The molecule has 0 aliphatic rings. The van der Waals surface area contributed by atoms with Crippen molar-refractivity contribution in [1.29, 1.82) is 5.26 Å². The third-order valence-corrected chi connectivity index (χ3v) is 2.46. The summed E-state index contributed by atoms with van der Waals surface area (Å²) in [6.07, 6.45) is 3.60. The maximum Gasteiger partial charge on any atom is 0.138 e. The molecule has 0 aliphatic heterocycles. The van der Waals surface area contributed by atoms with E-state index >= 15 is 0 Å². The van der Waals surface area contributed by atoms with E-state index in [4.69, 9.17) is 10.00 Å². The van der Waals surface area contributed by atoms with Gasteiger partial charge in [0.25, 0.3) is 0 Å². The van der Waals surface area contributed by atoms with Crippen molar-refractivity contribution in [2.45, 2.75) is 4.90 Å². The Morgan fingerprint density at radius 3 is 3.00 bits per heavy atom. The van der Waals surface area contributed by atoms with Crippen molar-refractivity contribution in [3.63, 3.8) is 0 Å². The van der Waals surface area contributed by atoms with Crippen molar-refractivity contribution in [2.75, 3.05) is 12.9 Å². The van der Waals surface area contributed by atoms with Crippen LogP contribution in [-0.2, 0) is 0 Å². The fraction of sp³-hybridized carbons (Fsp3) is 0.182. The van der Waals surface area contributed by atoms with Gasteiger partial charge in [0.05, 0.1) is 0 Å². The number of rotatable bonds is 4. The molecule has 0 radical (unpaired) electrons. The molecule has 3 heteroatoms. The predicted octanol–water partition coefficient (Wildman–Crippen LogP) is 2.84. The lowest BCUT2D eigenvalue weighted by Crippen LogP contribution is -1.96. The minimum atomic E-state index is 0.423. The van der Waals surface area contributed by atoms with Crippen LogP contribution in [0, 0.1) is 11.3 Å². The average Bonchev–Trinajstić information content (AvgIpc) is 2.25. The summed E-state index contributed by atoms with van der Waals surface area (Å²) >= 11 is 1.54. The van der Waals surface area contributed by atoms with Crippen molar-refractivity contribution in [1.82, 2.24) is 0 Å². The normalized spacial score (nSPS) is 9.14. The first-order chi connectivity index (χ1) is 6.83. The number of hydrogen-bond donors (Lipinski definition) is 0. The lowest BCUT2D eigenvalue weighted by molar-refractivity contribution is 0.361. The molecule has 0 saturated heterocycles. The minimum Gasteiger partial charge on any atom is -0.488 e. The van der Waals surface area contributed by atoms with Gasteiger partial charge in [-0.15, -0.1) is 11.8 Å². The molecule has 0 spiro atoms. The third kappa shape index (κ3) is 2.30. The Morgan fingerprint density at radius 1 is 1.64 bits per heavy atom. The largest absolute Gasteiger partial charge is 0.488 e. The zero-order valence-corrected chi connectivity index (χ0v) is 8.80. The van der Waals surface area contributed by atoms with Crippen molar-refractivity contribution >= 4 is 11.8 Å². The molecule has 1 rings (SSSR count). The van der Waals surface area contributed by atoms with Gasteiger partial charge in [-0.25, -0.2) is 0 Å². The topological polar surface area (TPSA) is 33.0 Å². The summed E-state index contributed by atoms with van der Waals surface area (Å²) in [7, 11) is 0. The smallest absolute Gasteiger partial charge is 0.138 e. The van der Waals surface area contributed by atoms with Crippen LogP contribution in [-0.4, -0.2) is 12.9 Å². The van der Waals surface area contributed by atoms with Gasteiger partial charge in [-0.2, -0.15) is 5.26 Å². The molecule has 14 heavy (non-hydrogen) atoms. The van der Waals surface area contributed by atoms with Gasteiger partial charge in [0.2, 0.25) is 0 Å². The molecular weight excluding hydrogens is 194 g/mol. The van der Waals surface area contributed by atoms with Crippen LogP contribution < -0.4 is 4.74 Å². The fourth-order valence-corrected chi connectivity index (χ4v) is 1.63. The Hall–Kier alpha value is -1.40. The quantitative estimate of drug-likeness (QED) is 0.559. The number of ether oxygens (including phenoxy) is 1. The second kappa shape index (κ2) is 5.36. The summed E-state index contributed by atoms with van der Waals surface area (Å²) in [6.45, 7) is 3.98. The minimum absolute atomic E-state index is 0.423. The molecule has 1 aromatic rings. The van der Waals surface area contributed by atoms with Gasteiger partial charge in [-0.3, -0.25) is 0 Å². The molecule has 0 saturated carbocycles. The highest BCUT2D eigenvalue weighted by molar-refractivity contribution is 7.98. The first kappa shape index (κ1) is 10.7. The van der Waals surface area contributed by atoms with Crippen LogP contribution in [0.1, 0.15) is 5.56 Å². The Balaban J connectivity index is 3.03. The number of hydrogen-bond acceptors (Lipinski definition) is 3. The summed E-state index contributed by atoms with van der Waals surface area (Å²) in [4.78, 5) is 0.939. The van der Waals surface area contributed by atoms with E-state index < -0.39 is 0 Å². The van der Waals surface area contributed by atoms with Gasteiger partial charge < -0.3 is 4.74 Å². The molecule has 1 aromatic carbocycles. The Bertz CT molecular complexity index is 368. The summed E-state index contributed by atoms with van der Waals surface area (Å²) < 4.78 is 5.37. The van der Waals surface area contributed by atoms with Crippen LogP contribution in [0.25, 0.3) is 0 Å². The summed E-state index contributed by atoms with van der Waals surface area (Å²) in [5.41, 5.74) is 0.599. The molecule has 0 N–H and O–H groups in total. The van der Waals surface area contributed by atoms with Crippen molar-refractivity contribution in [3.05, 3.63) is 36.4 Å². The highest BCUT2D eigenvalue weighted by atomic mass is 32.2. The molecule has 0 amide bonds. The lowest BCUT2D eigenvalue weighted by Gasteiger charge is -2.07. The van der Waals surface area contributed by atoms with E-state index in [0.717, 1.165) is 4.90 Å². The number of benzene rings is 1. The van der Waals surface area contributed by atoms with Gasteiger partial charge in [0, 0.05) is 4.90 Å². The van der Waals surface area contributed by atoms with E-state index in [9.17, 15) is 0 Å². The van der Waals surface area contributed by atoms with E-state index in [1.54, 1.807) is 12.1 Å². The van der Waals surface area contributed by atoms with Crippen LogP contribution in [0.3, 0.4) is 0 Å². The van der Waals surface area contributed by atoms with E-state index in [1.807, 2.05) is 18.4 Å². The predicted molar refractivity (Wildman–Crippen MR) is 58.6 cm³/mol. The Labute approximate surface area is 88.2 Å². The van der Waals surface area contributed by atoms with Crippen LogP contribution in [0.4, 0.5) is 0 Å². The van der Waals surface area contributed by atoms with Gasteiger partial charge in [-0.1, -0.05) is 18.7 Å². The lowest BCUT2D eigenvalue weighted by atomic mass is 10.2. The number of nitriles is 1. The maximum atomic E-state index is 8.96. The van der Waals surface area contributed by atoms with Crippen molar-refractivity contribution < 1.29 is 4.74 Å². The van der Waals surface area contributed by atoms with Crippen LogP contribution in [0.15, 0.2) is 35.7 Å². The summed E-state index contributed by atoms with van der Waals surface area (Å²) in [5.74, 6) is 0.624. The molecule has 0 aromatic heterocycles. The Morgan fingerprint density at radius 2 is 2.43 bits per heavy atom. The first-order valence-electron chi connectivity index (χ1n) is 4.14. The highest BCUT2D eigenvalue weighted by Gasteiger charge is 2.07.